The maximum Gasteiger partial charge on any atom is 0.0792 e. The molecule has 0 amide bonds. The SMILES string of the molecule is C1=Cc2c3c(ccc2=NS1)=Cc1ccccc1C3. The van der Waals surface area contributed by atoms with E-state index >= 15 is 0 Å². The Labute approximate surface area is 110 Å². The fraction of sp³-hybridized carbons (Fsp3) is 0.0625. The van der Waals surface area contributed by atoms with Crippen LogP contribution in [0.25, 0.3) is 12.2 Å². The van der Waals surface area contributed by atoms with Gasteiger partial charge < -0.3 is 0 Å². The van der Waals surface area contributed by atoms with E-state index in [-0.39, 0.29) is 0 Å². The smallest absolute Gasteiger partial charge is 0.0792 e. The van der Waals surface area contributed by atoms with E-state index in [1.165, 1.54) is 39.4 Å². The summed E-state index contributed by atoms with van der Waals surface area (Å²) in [5.74, 6) is 0. The molecule has 1 aliphatic heterocycles. The Kier molecular flexibility index (Phi) is 2.17. The van der Waals surface area contributed by atoms with Crippen molar-refractivity contribution in [3.05, 3.63) is 74.6 Å². The highest BCUT2D eigenvalue weighted by Gasteiger charge is 2.13. The Morgan fingerprint density at radius 1 is 1.06 bits per heavy atom. The first-order valence-corrected chi connectivity index (χ1v) is 6.87. The van der Waals surface area contributed by atoms with Crippen LogP contribution in [0.1, 0.15) is 22.3 Å². The summed E-state index contributed by atoms with van der Waals surface area (Å²) in [6.07, 6.45) is 5.48. The molecular formula is C16H11NS. The van der Waals surface area contributed by atoms with Crippen molar-refractivity contribution in [3.8, 4) is 0 Å². The molecule has 0 unspecified atom stereocenters. The maximum absolute atomic E-state index is 4.47. The lowest BCUT2D eigenvalue weighted by molar-refractivity contribution is 1.12. The fourth-order valence-corrected chi connectivity index (χ4v) is 3.18. The zero-order valence-electron chi connectivity index (χ0n) is 9.76. The second-order valence-corrected chi connectivity index (χ2v) is 5.25. The quantitative estimate of drug-likeness (QED) is 0.558. The number of benzene rings is 2. The number of nitrogens with zero attached hydrogens (tertiary/aromatic N) is 1. The van der Waals surface area contributed by atoms with Crippen LogP contribution in [0.4, 0.5) is 0 Å². The van der Waals surface area contributed by atoms with Gasteiger partial charge in [-0.3, -0.25) is 0 Å². The van der Waals surface area contributed by atoms with E-state index in [0.29, 0.717) is 0 Å². The lowest BCUT2D eigenvalue weighted by Gasteiger charge is -2.16. The summed E-state index contributed by atoms with van der Waals surface area (Å²) in [4.78, 5) is 0. The van der Waals surface area contributed by atoms with Gasteiger partial charge in [-0.2, -0.15) is 0 Å². The van der Waals surface area contributed by atoms with Gasteiger partial charge in [0, 0.05) is 17.5 Å². The molecule has 0 saturated carbocycles. The molecule has 0 fully saturated rings. The lowest BCUT2D eigenvalue weighted by atomic mass is 9.89. The average Bonchev–Trinajstić information content (AvgIpc) is 2.45. The topological polar surface area (TPSA) is 12.4 Å². The largest absolute Gasteiger partial charge is 0.212 e. The van der Waals surface area contributed by atoms with E-state index in [9.17, 15) is 0 Å². The molecule has 1 nitrogen and oxygen atoms in total. The van der Waals surface area contributed by atoms with E-state index in [1.807, 2.05) is 0 Å². The molecular weight excluding hydrogens is 238 g/mol. The van der Waals surface area contributed by atoms with Crippen molar-refractivity contribution in [2.75, 3.05) is 0 Å². The minimum Gasteiger partial charge on any atom is -0.212 e. The summed E-state index contributed by atoms with van der Waals surface area (Å²) in [7, 11) is 0. The Balaban J connectivity index is 2.07. The second-order valence-electron chi connectivity index (χ2n) is 4.59. The van der Waals surface area contributed by atoms with E-state index in [2.05, 4.69) is 58.4 Å². The van der Waals surface area contributed by atoms with Crippen molar-refractivity contribution in [2.24, 2.45) is 4.40 Å². The van der Waals surface area contributed by atoms with Crippen molar-refractivity contribution < 1.29 is 0 Å². The summed E-state index contributed by atoms with van der Waals surface area (Å²) in [6, 6.07) is 12.9. The average molecular weight is 249 g/mol. The molecule has 2 aliphatic rings. The minimum atomic E-state index is 1.01. The highest BCUT2D eigenvalue weighted by molar-refractivity contribution is 8.00. The van der Waals surface area contributed by atoms with Crippen LogP contribution in [0.15, 0.2) is 46.2 Å². The monoisotopic (exact) mass is 249 g/mol. The van der Waals surface area contributed by atoms with E-state index in [0.717, 1.165) is 11.8 Å². The van der Waals surface area contributed by atoms with Crippen molar-refractivity contribution in [3.63, 3.8) is 0 Å². The molecule has 2 aromatic carbocycles. The molecule has 0 atom stereocenters. The van der Waals surface area contributed by atoms with Gasteiger partial charge in [-0.05, 0) is 52.0 Å². The highest BCUT2D eigenvalue weighted by Crippen LogP contribution is 2.21. The summed E-state index contributed by atoms with van der Waals surface area (Å²) in [5.41, 5.74) is 5.45. The van der Waals surface area contributed by atoms with Gasteiger partial charge >= 0.3 is 0 Å². The first-order chi connectivity index (χ1) is 8.92. The van der Waals surface area contributed by atoms with Crippen LogP contribution < -0.4 is 10.6 Å². The van der Waals surface area contributed by atoms with E-state index in [4.69, 9.17) is 0 Å². The molecule has 86 valence electrons. The van der Waals surface area contributed by atoms with Gasteiger partial charge in [0.2, 0.25) is 0 Å². The maximum atomic E-state index is 4.47. The molecule has 2 aromatic rings. The predicted molar refractivity (Wildman–Crippen MR) is 76.7 cm³/mol. The van der Waals surface area contributed by atoms with Crippen LogP contribution in [0.3, 0.4) is 0 Å². The highest BCUT2D eigenvalue weighted by atomic mass is 32.2. The standard InChI is InChI=1S/C16H11NS/c1-2-4-12-10-15-13(9-11(12)3-1)5-6-16-14(15)7-8-18-17-16/h1-9H,10H2. The molecule has 0 spiro atoms. The molecule has 0 N–H and O–H groups in total. The first-order valence-electron chi connectivity index (χ1n) is 6.04. The molecule has 1 aliphatic carbocycles. The molecule has 2 heteroatoms. The summed E-state index contributed by atoms with van der Waals surface area (Å²) >= 11 is 1.51. The first kappa shape index (κ1) is 10.2. The Morgan fingerprint density at radius 2 is 2.00 bits per heavy atom. The molecule has 0 saturated heterocycles. The number of fused-ring (bicyclic) bond motifs is 4. The fourth-order valence-electron chi connectivity index (χ4n) is 2.65. The normalized spacial score (nSPS) is 14.9. The molecule has 0 bridgehead atoms. The van der Waals surface area contributed by atoms with Crippen molar-refractivity contribution in [1.82, 2.24) is 0 Å². The third kappa shape index (κ3) is 1.46. The third-order valence-electron chi connectivity index (χ3n) is 3.55. The molecule has 1 heterocycles. The Morgan fingerprint density at radius 3 is 3.00 bits per heavy atom. The predicted octanol–water partition coefficient (Wildman–Crippen LogP) is 2.67. The zero-order chi connectivity index (χ0) is 11.9. The van der Waals surface area contributed by atoms with Gasteiger partial charge in [-0.1, -0.05) is 30.3 Å². The van der Waals surface area contributed by atoms with Gasteiger partial charge in [-0.25, -0.2) is 4.40 Å². The van der Waals surface area contributed by atoms with Gasteiger partial charge in [0.1, 0.15) is 0 Å². The van der Waals surface area contributed by atoms with Gasteiger partial charge in [-0.15, -0.1) is 0 Å². The van der Waals surface area contributed by atoms with Crippen LogP contribution in [-0.4, -0.2) is 0 Å². The number of hydrogen-bond donors (Lipinski definition) is 0. The van der Waals surface area contributed by atoms with Crippen LogP contribution in [0, 0.1) is 0 Å². The van der Waals surface area contributed by atoms with Crippen LogP contribution in [0.5, 0.6) is 0 Å². The van der Waals surface area contributed by atoms with Crippen LogP contribution >= 0.6 is 11.9 Å². The second kappa shape index (κ2) is 3.85. The zero-order valence-corrected chi connectivity index (χ0v) is 10.6. The van der Waals surface area contributed by atoms with E-state index in [1.54, 1.807) is 0 Å². The van der Waals surface area contributed by atoms with Crippen molar-refractivity contribution >= 4 is 24.1 Å². The van der Waals surface area contributed by atoms with Crippen LogP contribution in [-0.2, 0) is 6.42 Å². The van der Waals surface area contributed by atoms with Gasteiger partial charge in [0.15, 0.2) is 0 Å². The van der Waals surface area contributed by atoms with E-state index < -0.39 is 0 Å². The molecule has 0 radical (unpaired) electrons. The Hall–Kier alpha value is -1.80. The number of rotatable bonds is 0. The van der Waals surface area contributed by atoms with Gasteiger partial charge in [0.05, 0.1) is 5.36 Å². The lowest BCUT2D eigenvalue weighted by Crippen LogP contribution is -2.23. The van der Waals surface area contributed by atoms with Crippen molar-refractivity contribution in [2.45, 2.75) is 6.42 Å². The molecule has 4 rings (SSSR count). The van der Waals surface area contributed by atoms with Crippen LogP contribution in [0.2, 0.25) is 0 Å². The minimum absolute atomic E-state index is 1.01. The summed E-state index contributed by atoms with van der Waals surface area (Å²) in [6.45, 7) is 0. The van der Waals surface area contributed by atoms with Gasteiger partial charge in [0.25, 0.3) is 0 Å². The van der Waals surface area contributed by atoms with Crippen molar-refractivity contribution in [1.29, 1.82) is 0 Å². The summed E-state index contributed by atoms with van der Waals surface area (Å²) in [5, 5.41) is 4.50. The molecule has 18 heavy (non-hydrogen) atoms. The Bertz CT molecular complexity index is 787. The number of hydrogen-bond acceptors (Lipinski definition) is 2. The molecule has 0 aromatic heterocycles. The summed E-state index contributed by atoms with van der Waals surface area (Å²) < 4.78 is 4.47. The third-order valence-corrected chi connectivity index (χ3v) is 4.11.